The fourth-order valence-electron chi connectivity index (χ4n) is 0.894. The van der Waals surface area contributed by atoms with Crippen molar-refractivity contribution >= 4 is 12.0 Å². The van der Waals surface area contributed by atoms with Gasteiger partial charge in [-0.1, -0.05) is 0 Å². The lowest BCUT2D eigenvalue weighted by molar-refractivity contribution is -0.117. The number of hydrogen-bond acceptors (Lipinski definition) is 3. The molecule has 0 aliphatic carbocycles. The molecule has 0 atom stereocenters. The molecular formula is C7H12N2O. The van der Waals surface area contributed by atoms with Crippen LogP contribution in [0.3, 0.4) is 0 Å². The van der Waals surface area contributed by atoms with Crippen LogP contribution in [0.25, 0.3) is 0 Å². The molecule has 3 nitrogen and oxygen atoms in total. The number of rotatable bonds is 3. The van der Waals surface area contributed by atoms with Gasteiger partial charge in [0.25, 0.3) is 0 Å². The smallest absolute Gasteiger partial charge is 0.131 e. The number of nitrogens with zero attached hydrogens (tertiary/aromatic N) is 2. The molecule has 1 aliphatic heterocycles. The summed E-state index contributed by atoms with van der Waals surface area (Å²) in [6, 6.07) is 0. The van der Waals surface area contributed by atoms with Gasteiger partial charge in [-0.15, -0.1) is 0 Å². The van der Waals surface area contributed by atoms with Gasteiger partial charge in [-0.25, -0.2) is 0 Å². The van der Waals surface area contributed by atoms with Crippen molar-refractivity contribution in [3.05, 3.63) is 0 Å². The first kappa shape index (κ1) is 7.25. The molecule has 0 aromatic carbocycles. The maximum absolute atomic E-state index is 10.5. The van der Waals surface area contributed by atoms with Crippen molar-refractivity contribution in [3.8, 4) is 0 Å². The van der Waals surface area contributed by atoms with Crippen molar-refractivity contribution in [2.75, 3.05) is 13.1 Å². The zero-order valence-electron chi connectivity index (χ0n) is 6.21. The van der Waals surface area contributed by atoms with E-state index in [1.54, 1.807) is 6.92 Å². The molecule has 0 radical (unpaired) electrons. The monoisotopic (exact) mass is 140 g/mol. The lowest BCUT2D eigenvalue weighted by Gasteiger charge is -2.10. The Bertz CT molecular complexity index is 154. The van der Waals surface area contributed by atoms with Crippen LogP contribution in [0.5, 0.6) is 0 Å². The summed E-state index contributed by atoms with van der Waals surface area (Å²) in [5.74, 6) is 0.238. The first-order valence-electron chi connectivity index (χ1n) is 3.56. The number of Topliss-reactive ketones (excluding diaryl/α,β-unsaturated/α-hetero) is 1. The molecule has 0 aromatic heterocycles. The lowest BCUT2D eigenvalue weighted by Crippen LogP contribution is -2.17. The topological polar surface area (TPSA) is 32.7 Å². The van der Waals surface area contributed by atoms with Crippen LogP contribution in [0, 0.1) is 0 Å². The van der Waals surface area contributed by atoms with Gasteiger partial charge < -0.3 is 0 Å². The van der Waals surface area contributed by atoms with Crippen LogP contribution in [0.2, 0.25) is 0 Å². The van der Waals surface area contributed by atoms with Crippen LogP contribution in [-0.4, -0.2) is 30.1 Å². The predicted octanol–water partition coefficient (Wildman–Crippen LogP) is 0.657. The number of carbonyl (C=O) groups is 1. The SMILES string of the molecule is CC(=O)CCN1CCC=N1. The predicted molar refractivity (Wildman–Crippen MR) is 40.0 cm³/mol. The normalized spacial score (nSPS) is 16.3. The van der Waals surface area contributed by atoms with Crippen molar-refractivity contribution in [2.45, 2.75) is 19.8 Å². The number of carbonyl (C=O) groups excluding carboxylic acids is 1. The van der Waals surface area contributed by atoms with Gasteiger partial charge in [0, 0.05) is 32.1 Å². The van der Waals surface area contributed by atoms with Crippen molar-refractivity contribution in [3.63, 3.8) is 0 Å². The highest BCUT2D eigenvalue weighted by Crippen LogP contribution is 2.00. The number of hydrogen-bond donors (Lipinski definition) is 0. The van der Waals surface area contributed by atoms with E-state index in [2.05, 4.69) is 5.10 Å². The molecule has 0 N–H and O–H groups in total. The molecule has 1 rings (SSSR count). The van der Waals surface area contributed by atoms with E-state index in [-0.39, 0.29) is 5.78 Å². The second-order valence-electron chi connectivity index (χ2n) is 2.49. The second kappa shape index (κ2) is 3.34. The molecule has 0 amide bonds. The minimum Gasteiger partial charge on any atom is -0.300 e. The third kappa shape index (κ3) is 2.17. The number of ketones is 1. The maximum atomic E-state index is 10.5. The fourth-order valence-corrected chi connectivity index (χ4v) is 0.894. The third-order valence-electron chi connectivity index (χ3n) is 1.48. The Labute approximate surface area is 60.7 Å². The molecule has 0 saturated carbocycles. The molecule has 0 unspecified atom stereocenters. The highest BCUT2D eigenvalue weighted by Gasteiger charge is 2.05. The van der Waals surface area contributed by atoms with Crippen LogP contribution >= 0.6 is 0 Å². The molecular weight excluding hydrogens is 128 g/mol. The molecule has 3 heteroatoms. The van der Waals surface area contributed by atoms with E-state index in [9.17, 15) is 4.79 Å². The van der Waals surface area contributed by atoms with Crippen LogP contribution < -0.4 is 0 Å². The van der Waals surface area contributed by atoms with E-state index in [1.165, 1.54) is 0 Å². The molecule has 0 aromatic rings. The number of hydrazone groups is 1. The van der Waals surface area contributed by atoms with Crippen molar-refractivity contribution < 1.29 is 4.79 Å². The standard InChI is InChI=1S/C7H12N2O/c1-7(10)3-6-9-5-2-4-8-9/h4H,2-3,5-6H2,1H3. The zero-order chi connectivity index (χ0) is 7.40. The Hall–Kier alpha value is -0.860. The Kier molecular flexibility index (Phi) is 2.42. The largest absolute Gasteiger partial charge is 0.300 e. The van der Waals surface area contributed by atoms with Crippen LogP contribution in [0.15, 0.2) is 5.10 Å². The quantitative estimate of drug-likeness (QED) is 0.576. The molecule has 56 valence electrons. The molecule has 10 heavy (non-hydrogen) atoms. The van der Waals surface area contributed by atoms with E-state index in [0.717, 1.165) is 19.5 Å². The van der Waals surface area contributed by atoms with Crippen molar-refractivity contribution in [1.82, 2.24) is 5.01 Å². The summed E-state index contributed by atoms with van der Waals surface area (Å²) in [6.45, 7) is 3.37. The Balaban J connectivity index is 2.13. The van der Waals surface area contributed by atoms with Crippen LogP contribution in [0.1, 0.15) is 19.8 Å². The van der Waals surface area contributed by atoms with Gasteiger partial charge in [-0.05, 0) is 6.92 Å². The highest BCUT2D eigenvalue weighted by atomic mass is 16.1. The summed E-state index contributed by atoms with van der Waals surface area (Å²) in [4.78, 5) is 10.5. The van der Waals surface area contributed by atoms with Gasteiger partial charge in [0.05, 0.1) is 0 Å². The maximum Gasteiger partial charge on any atom is 0.131 e. The van der Waals surface area contributed by atoms with E-state index in [4.69, 9.17) is 0 Å². The van der Waals surface area contributed by atoms with Gasteiger partial charge >= 0.3 is 0 Å². The van der Waals surface area contributed by atoms with E-state index < -0.39 is 0 Å². The molecule has 0 spiro atoms. The van der Waals surface area contributed by atoms with Crippen molar-refractivity contribution in [2.24, 2.45) is 5.10 Å². The zero-order valence-corrected chi connectivity index (χ0v) is 6.21. The van der Waals surface area contributed by atoms with Gasteiger partial charge in [-0.3, -0.25) is 9.80 Å². The second-order valence-corrected chi connectivity index (χ2v) is 2.49. The fraction of sp³-hybridized carbons (Fsp3) is 0.714. The summed E-state index contributed by atoms with van der Waals surface area (Å²) in [5, 5.41) is 6.00. The van der Waals surface area contributed by atoms with Crippen LogP contribution in [0.4, 0.5) is 0 Å². The third-order valence-corrected chi connectivity index (χ3v) is 1.48. The first-order valence-corrected chi connectivity index (χ1v) is 3.56. The minimum atomic E-state index is 0.238. The van der Waals surface area contributed by atoms with E-state index in [0.29, 0.717) is 6.42 Å². The Morgan fingerprint density at radius 3 is 3.10 bits per heavy atom. The molecule has 0 fully saturated rings. The van der Waals surface area contributed by atoms with E-state index in [1.807, 2.05) is 11.2 Å². The average Bonchev–Trinajstić information content (AvgIpc) is 2.34. The Morgan fingerprint density at radius 1 is 1.80 bits per heavy atom. The van der Waals surface area contributed by atoms with Crippen LogP contribution in [-0.2, 0) is 4.79 Å². The average molecular weight is 140 g/mol. The summed E-state index contributed by atoms with van der Waals surface area (Å²) < 4.78 is 0. The van der Waals surface area contributed by atoms with E-state index >= 15 is 0 Å². The van der Waals surface area contributed by atoms with Gasteiger partial charge in [0.15, 0.2) is 0 Å². The van der Waals surface area contributed by atoms with Gasteiger partial charge in [0.2, 0.25) is 0 Å². The summed E-state index contributed by atoms with van der Waals surface area (Å²) >= 11 is 0. The first-order chi connectivity index (χ1) is 4.79. The molecule has 1 aliphatic rings. The Morgan fingerprint density at radius 2 is 2.60 bits per heavy atom. The summed E-state index contributed by atoms with van der Waals surface area (Å²) in [7, 11) is 0. The minimum absolute atomic E-state index is 0.238. The van der Waals surface area contributed by atoms with Gasteiger partial charge in [0.1, 0.15) is 5.78 Å². The summed E-state index contributed by atoms with van der Waals surface area (Å²) in [6.07, 6.45) is 3.54. The molecule has 0 bridgehead atoms. The van der Waals surface area contributed by atoms with Gasteiger partial charge in [-0.2, -0.15) is 5.10 Å². The lowest BCUT2D eigenvalue weighted by atomic mass is 10.3. The van der Waals surface area contributed by atoms with Crippen molar-refractivity contribution in [1.29, 1.82) is 0 Å². The molecule has 0 saturated heterocycles. The summed E-state index contributed by atoms with van der Waals surface area (Å²) in [5.41, 5.74) is 0. The highest BCUT2D eigenvalue weighted by molar-refractivity contribution is 5.75. The molecule has 1 heterocycles.